The Morgan fingerprint density at radius 2 is 0.796 bits per heavy atom. The molecule has 0 aromatic carbocycles. The average Bonchev–Trinajstić information content (AvgIpc) is 3.06. The van der Waals surface area contributed by atoms with Crippen LogP contribution in [0.3, 0.4) is 0 Å². The third-order valence-electron chi connectivity index (χ3n) is 7.24. The number of hydrogen-bond donors (Lipinski definition) is 8. The van der Waals surface area contributed by atoms with Crippen LogP contribution in [0.1, 0.15) is 116 Å². The summed E-state index contributed by atoms with van der Waals surface area (Å²) in [5, 5.41) is 44.2. The van der Waals surface area contributed by atoms with Crippen molar-refractivity contribution in [2.24, 2.45) is 0 Å². The van der Waals surface area contributed by atoms with Crippen LogP contribution in [-0.2, 0) is 43.2 Å². The molecule has 0 aliphatic heterocycles. The zero-order chi connectivity index (χ0) is 37.5. The molecule has 0 radical (unpaired) electrons. The van der Waals surface area contributed by atoms with Crippen LogP contribution in [0.5, 0.6) is 0 Å². The Bertz CT molecular complexity index is 1040. The van der Waals surface area contributed by atoms with E-state index in [0.29, 0.717) is 19.1 Å². The van der Waals surface area contributed by atoms with Crippen molar-refractivity contribution in [3.63, 3.8) is 0 Å². The highest BCUT2D eigenvalue weighted by atomic mass is 16.4. The highest BCUT2D eigenvalue weighted by molar-refractivity contribution is 5.87. The number of carbonyl (C=O) groups excluding carboxylic acids is 6. The summed E-state index contributed by atoms with van der Waals surface area (Å²) < 4.78 is 0. The van der Waals surface area contributed by atoms with E-state index in [-0.39, 0.29) is 32.2 Å². The lowest BCUT2D eigenvalue weighted by molar-refractivity contribution is -0.144. The van der Waals surface area contributed by atoms with Crippen molar-refractivity contribution in [1.29, 1.82) is 0 Å². The van der Waals surface area contributed by atoms with Gasteiger partial charge in [-0.05, 0) is 32.1 Å². The predicted molar refractivity (Wildman–Crippen MR) is 175 cm³/mol. The third-order valence-corrected chi connectivity index (χ3v) is 7.24. The van der Waals surface area contributed by atoms with Gasteiger partial charge < -0.3 is 51.3 Å². The first-order valence-electron chi connectivity index (χ1n) is 16.6. The average molecular weight is 703 g/mol. The topological polar surface area (TPSA) is 283 Å². The lowest BCUT2D eigenvalue weighted by Crippen LogP contribution is -2.45. The van der Waals surface area contributed by atoms with Gasteiger partial charge in [0.1, 0.15) is 30.7 Å². The Morgan fingerprint density at radius 3 is 1.14 bits per heavy atom. The zero-order valence-corrected chi connectivity index (χ0v) is 28.3. The highest BCUT2D eigenvalue weighted by Crippen LogP contribution is 2.12. The largest absolute Gasteiger partial charge is 0.480 e. The summed E-state index contributed by atoms with van der Waals surface area (Å²) in [5.74, 6) is -6.96. The summed E-state index contributed by atoms with van der Waals surface area (Å²) in [5.41, 5.74) is 0. The number of carbonyl (C=O) groups is 9. The van der Waals surface area contributed by atoms with Gasteiger partial charge in [0, 0.05) is 39.2 Å². The fraction of sp³-hybridized carbons (Fsp3) is 0.719. The number of amides is 4. The molecule has 0 saturated heterocycles. The maximum Gasteiger partial charge on any atom is 0.326 e. The van der Waals surface area contributed by atoms with Gasteiger partial charge in [-0.1, -0.05) is 51.4 Å². The Kier molecular flexibility index (Phi) is 29.4. The van der Waals surface area contributed by atoms with Crippen LogP contribution < -0.4 is 21.3 Å². The molecule has 0 aliphatic carbocycles. The van der Waals surface area contributed by atoms with E-state index in [2.05, 4.69) is 21.3 Å². The number of aldehydes is 2. The lowest BCUT2D eigenvalue weighted by atomic mass is 10.0. The summed E-state index contributed by atoms with van der Waals surface area (Å²) in [6, 6.07) is -4.34. The van der Waals surface area contributed by atoms with E-state index in [1.165, 1.54) is 0 Å². The lowest BCUT2D eigenvalue weighted by Gasteiger charge is -2.18. The quantitative estimate of drug-likeness (QED) is 0.0381. The molecule has 8 N–H and O–H groups in total. The fourth-order valence-corrected chi connectivity index (χ4v) is 4.57. The molecule has 1 unspecified atom stereocenters. The van der Waals surface area contributed by atoms with Crippen LogP contribution in [0.25, 0.3) is 0 Å². The molecule has 49 heavy (non-hydrogen) atoms. The molecule has 0 aromatic heterocycles. The molecule has 0 spiro atoms. The second kappa shape index (κ2) is 30.9. The smallest absolute Gasteiger partial charge is 0.326 e. The minimum absolute atomic E-state index is 0.131. The molecule has 280 valence electrons. The molecule has 3 atom stereocenters. The SMILES string of the molecule is CO.O=CCCCCCCCCCCCCC(=O)N[C@@H](CCC(=O)NC(CCC(=O)N[C@@H](CCC(=O)NCC=O)C(=O)O)C(=O)O)C(=O)O. The van der Waals surface area contributed by atoms with Gasteiger partial charge in [0.25, 0.3) is 0 Å². The molecule has 0 heterocycles. The molecule has 0 fully saturated rings. The molecule has 0 bridgehead atoms. The van der Waals surface area contributed by atoms with Crippen molar-refractivity contribution in [1.82, 2.24) is 21.3 Å². The predicted octanol–water partition coefficient (Wildman–Crippen LogP) is 0.839. The van der Waals surface area contributed by atoms with Crippen LogP contribution in [0.2, 0.25) is 0 Å². The Balaban J connectivity index is 0. The van der Waals surface area contributed by atoms with Crippen molar-refractivity contribution in [3.8, 4) is 0 Å². The number of carboxylic acids is 3. The normalized spacial score (nSPS) is 12.1. The van der Waals surface area contributed by atoms with Crippen LogP contribution in [0.4, 0.5) is 0 Å². The van der Waals surface area contributed by atoms with Gasteiger partial charge in [-0.2, -0.15) is 0 Å². The number of hydrogen-bond acceptors (Lipinski definition) is 10. The first-order valence-corrected chi connectivity index (χ1v) is 16.6. The van der Waals surface area contributed by atoms with Crippen molar-refractivity contribution < 1.29 is 63.6 Å². The van der Waals surface area contributed by atoms with Gasteiger partial charge in [-0.25, -0.2) is 14.4 Å². The van der Waals surface area contributed by atoms with E-state index in [0.717, 1.165) is 71.2 Å². The molecule has 17 nitrogen and oxygen atoms in total. The Labute approximate surface area is 286 Å². The van der Waals surface area contributed by atoms with Gasteiger partial charge in [-0.15, -0.1) is 0 Å². The van der Waals surface area contributed by atoms with E-state index in [1.54, 1.807) is 0 Å². The molecule has 0 rings (SSSR count). The number of nitrogens with one attached hydrogen (secondary N) is 4. The van der Waals surface area contributed by atoms with Gasteiger partial charge in [0.05, 0.1) is 6.54 Å². The van der Waals surface area contributed by atoms with Gasteiger partial charge in [0.15, 0.2) is 0 Å². The van der Waals surface area contributed by atoms with Crippen molar-refractivity contribution in [2.75, 3.05) is 13.7 Å². The maximum absolute atomic E-state index is 12.4. The van der Waals surface area contributed by atoms with E-state index < -0.39 is 78.9 Å². The molecule has 0 aromatic rings. The summed E-state index contributed by atoms with van der Waals surface area (Å²) >= 11 is 0. The molecular weight excluding hydrogens is 648 g/mol. The number of aliphatic hydroxyl groups is 1. The molecule has 4 amide bonds. The Morgan fingerprint density at radius 1 is 0.469 bits per heavy atom. The second-order valence-electron chi connectivity index (χ2n) is 11.2. The fourth-order valence-electron chi connectivity index (χ4n) is 4.57. The number of aliphatic carboxylic acids is 3. The molecule has 17 heteroatoms. The highest BCUT2D eigenvalue weighted by Gasteiger charge is 2.26. The van der Waals surface area contributed by atoms with Crippen molar-refractivity contribution >= 4 is 54.1 Å². The van der Waals surface area contributed by atoms with Crippen molar-refractivity contribution in [3.05, 3.63) is 0 Å². The summed E-state index contributed by atoms with van der Waals surface area (Å²) in [7, 11) is 1.00. The molecular formula is C32H54N4O13. The number of unbranched alkanes of at least 4 members (excludes halogenated alkanes) is 10. The monoisotopic (exact) mass is 702 g/mol. The number of carboxylic acid groups (broad SMARTS) is 3. The summed E-state index contributed by atoms with van der Waals surface area (Å²) in [6.07, 6.45) is 9.84. The van der Waals surface area contributed by atoms with Gasteiger partial charge in [0.2, 0.25) is 23.6 Å². The number of aliphatic hydroxyl groups excluding tert-OH is 1. The third kappa shape index (κ3) is 27.3. The van der Waals surface area contributed by atoms with Crippen LogP contribution in [0.15, 0.2) is 0 Å². The van der Waals surface area contributed by atoms with Gasteiger partial charge >= 0.3 is 17.9 Å². The standard InChI is InChI=1S/C31H50N4O12.CH4O/c36-20-11-9-7-5-3-1-2-4-6-8-10-12-26(39)33-23(30(44)45)14-17-28(41)35-24(31(46)47)15-18-27(40)34-22(29(42)43)13-16-25(38)32-19-21-37;1-2/h20-24H,1-19H2,(H,32,38)(H,33,39)(H,34,40)(H,35,41)(H,42,43)(H,44,45)(H,46,47);2H,1H3/t22-,23-,24?;/m0./s1. The molecule has 0 aliphatic rings. The second-order valence-corrected chi connectivity index (χ2v) is 11.2. The minimum Gasteiger partial charge on any atom is -0.480 e. The summed E-state index contributed by atoms with van der Waals surface area (Å²) in [4.78, 5) is 104. The Hall–Kier alpha value is -4.41. The minimum atomic E-state index is -1.53. The van der Waals surface area contributed by atoms with E-state index in [4.69, 9.17) is 5.11 Å². The van der Waals surface area contributed by atoms with E-state index in [1.807, 2.05) is 0 Å². The first-order chi connectivity index (χ1) is 23.4. The maximum atomic E-state index is 12.4. The van der Waals surface area contributed by atoms with E-state index in [9.17, 15) is 58.5 Å². The van der Waals surface area contributed by atoms with Gasteiger partial charge in [-0.3, -0.25) is 19.2 Å². The summed E-state index contributed by atoms with van der Waals surface area (Å²) in [6.45, 7) is -0.245. The van der Waals surface area contributed by atoms with E-state index >= 15 is 0 Å². The van der Waals surface area contributed by atoms with Crippen molar-refractivity contribution in [2.45, 2.75) is 134 Å². The molecule has 0 saturated carbocycles. The zero-order valence-electron chi connectivity index (χ0n) is 28.3. The number of rotatable bonds is 30. The van der Waals surface area contributed by atoms with Crippen LogP contribution in [0, 0.1) is 0 Å². The first kappa shape index (κ1) is 46.7. The van der Waals surface area contributed by atoms with Crippen LogP contribution >= 0.6 is 0 Å². The van der Waals surface area contributed by atoms with Crippen LogP contribution in [-0.4, -0.2) is 106 Å².